The van der Waals surface area contributed by atoms with Crippen LogP contribution >= 0.6 is 0 Å². The zero-order valence-corrected chi connectivity index (χ0v) is 15.1. The zero-order chi connectivity index (χ0) is 19.8. The third kappa shape index (κ3) is 2.70. The Kier molecular flexibility index (Phi) is 3.79. The van der Waals surface area contributed by atoms with Gasteiger partial charge < -0.3 is 10.3 Å². The Labute approximate surface area is 166 Å². The highest BCUT2D eigenvalue weighted by atomic mass is 15.0. The minimum atomic E-state index is 0.259. The van der Waals surface area contributed by atoms with Gasteiger partial charge in [0.15, 0.2) is 0 Å². The Balaban J connectivity index is 1.75. The van der Waals surface area contributed by atoms with Crippen LogP contribution in [0.25, 0.3) is 33.9 Å². The second-order valence-electron chi connectivity index (χ2n) is 6.58. The minimum Gasteiger partial charge on any atom is -0.338 e. The number of nitrogens with zero attached hydrogens (tertiary/aromatic N) is 5. The fourth-order valence-corrected chi connectivity index (χ4v) is 3.52. The lowest BCUT2D eigenvalue weighted by Crippen LogP contribution is -1.96. The normalized spacial score (nSPS) is 11.1. The molecule has 1 aliphatic heterocycles. The van der Waals surface area contributed by atoms with Crippen molar-refractivity contribution in [2.45, 2.75) is 6.42 Å². The summed E-state index contributed by atoms with van der Waals surface area (Å²) in [5.74, 6) is 1.29. The summed E-state index contributed by atoms with van der Waals surface area (Å²) >= 11 is 0. The molecule has 5 rings (SSSR count). The Hall–Kier alpha value is -4.49. The van der Waals surface area contributed by atoms with E-state index in [0.29, 0.717) is 22.8 Å². The highest BCUT2D eigenvalue weighted by Crippen LogP contribution is 2.42. The van der Waals surface area contributed by atoms with E-state index in [0.717, 1.165) is 33.8 Å². The third-order valence-corrected chi connectivity index (χ3v) is 4.85. The molecule has 7 heteroatoms. The Bertz CT molecular complexity index is 1280. The number of nitrogens with one attached hydrogen (secondary N) is 2. The molecule has 0 bridgehead atoms. The predicted octanol–water partition coefficient (Wildman–Crippen LogP) is 4.20. The number of anilines is 2. The second kappa shape index (κ2) is 6.59. The number of aromatic amines is 1. The molecular formula is C22H13N7. The smallest absolute Gasteiger partial charge is 0.139 e. The molecule has 0 aliphatic carbocycles. The molecule has 0 spiro atoms. The number of nitriles is 2. The van der Waals surface area contributed by atoms with Crippen LogP contribution in [0.3, 0.4) is 0 Å². The number of hydrogen-bond acceptors (Lipinski definition) is 6. The first-order valence-electron chi connectivity index (χ1n) is 8.95. The molecule has 0 fully saturated rings. The maximum absolute atomic E-state index is 9.63. The largest absolute Gasteiger partial charge is 0.338 e. The summed E-state index contributed by atoms with van der Waals surface area (Å²) < 4.78 is 0. The summed E-state index contributed by atoms with van der Waals surface area (Å²) in [6.45, 7) is 0. The quantitative estimate of drug-likeness (QED) is 0.478. The Morgan fingerprint density at radius 3 is 2.79 bits per heavy atom. The van der Waals surface area contributed by atoms with E-state index in [4.69, 9.17) is 10.2 Å². The number of rotatable bonds is 2. The van der Waals surface area contributed by atoms with Crippen LogP contribution in [0.5, 0.6) is 0 Å². The molecule has 0 saturated heterocycles. The van der Waals surface area contributed by atoms with E-state index in [1.807, 2.05) is 30.3 Å². The van der Waals surface area contributed by atoms with Gasteiger partial charge in [-0.2, -0.15) is 10.5 Å². The predicted molar refractivity (Wildman–Crippen MR) is 108 cm³/mol. The maximum Gasteiger partial charge on any atom is 0.139 e. The van der Waals surface area contributed by atoms with Crippen molar-refractivity contribution in [2.75, 3.05) is 5.32 Å². The zero-order valence-electron chi connectivity index (χ0n) is 15.1. The summed E-state index contributed by atoms with van der Waals surface area (Å²) in [4.78, 5) is 16.9. The van der Waals surface area contributed by atoms with Crippen molar-refractivity contribution in [1.82, 2.24) is 19.9 Å². The molecule has 2 N–H and O–H groups in total. The second-order valence-corrected chi connectivity index (χ2v) is 6.58. The van der Waals surface area contributed by atoms with Crippen molar-refractivity contribution in [2.24, 2.45) is 0 Å². The average Bonchev–Trinajstić information content (AvgIpc) is 3.14. The molecule has 3 aromatic heterocycles. The number of hydrogen-bond donors (Lipinski definition) is 2. The van der Waals surface area contributed by atoms with Gasteiger partial charge in [0.05, 0.1) is 41.7 Å². The molecule has 136 valence electrons. The van der Waals surface area contributed by atoms with Crippen LogP contribution in [0.4, 0.5) is 11.5 Å². The number of pyridine rings is 2. The van der Waals surface area contributed by atoms with Crippen LogP contribution in [-0.2, 0) is 6.42 Å². The van der Waals surface area contributed by atoms with E-state index in [1.54, 1.807) is 24.7 Å². The third-order valence-electron chi connectivity index (χ3n) is 4.85. The first-order chi connectivity index (χ1) is 14.3. The van der Waals surface area contributed by atoms with E-state index in [9.17, 15) is 5.26 Å². The number of H-pyrrole nitrogens is 1. The van der Waals surface area contributed by atoms with Gasteiger partial charge in [0.2, 0.25) is 0 Å². The Morgan fingerprint density at radius 1 is 1.00 bits per heavy atom. The molecule has 4 aromatic rings. The monoisotopic (exact) mass is 375 g/mol. The standard InChI is InChI=1S/C22H13N7/c23-7-5-13-3-4-15(14(10-13)11-24)22-28-19-16-6-9-25-12-18(16)27-21-17(20(19)29-22)2-1-8-26-21/h1-4,6,8-10,12H,5H2,(H,26,27)(H,28,29). The van der Waals surface area contributed by atoms with Crippen LogP contribution in [0.2, 0.25) is 0 Å². The number of aromatic nitrogens is 4. The van der Waals surface area contributed by atoms with Crippen molar-refractivity contribution in [3.05, 3.63) is 66.1 Å². The topological polar surface area (TPSA) is 114 Å². The van der Waals surface area contributed by atoms with Gasteiger partial charge in [0, 0.05) is 29.1 Å². The number of benzene rings is 1. The highest BCUT2D eigenvalue weighted by Gasteiger charge is 2.24. The molecule has 7 nitrogen and oxygen atoms in total. The van der Waals surface area contributed by atoms with Crippen molar-refractivity contribution >= 4 is 11.5 Å². The van der Waals surface area contributed by atoms with Gasteiger partial charge in [-0.1, -0.05) is 6.07 Å². The lowest BCUT2D eigenvalue weighted by Gasteiger charge is -2.08. The van der Waals surface area contributed by atoms with Crippen molar-refractivity contribution in [1.29, 1.82) is 10.5 Å². The molecule has 0 amide bonds. The summed E-state index contributed by atoms with van der Waals surface area (Å²) in [5, 5.41) is 21.9. The summed E-state index contributed by atoms with van der Waals surface area (Å²) in [6.07, 6.45) is 5.46. The van der Waals surface area contributed by atoms with E-state index in [-0.39, 0.29) is 6.42 Å². The highest BCUT2D eigenvalue weighted by molar-refractivity contribution is 5.95. The molecule has 29 heavy (non-hydrogen) atoms. The van der Waals surface area contributed by atoms with Crippen LogP contribution in [0.1, 0.15) is 11.1 Å². The average molecular weight is 375 g/mol. The van der Waals surface area contributed by atoms with Crippen LogP contribution in [-0.4, -0.2) is 19.9 Å². The first-order valence-corrected chi connectivity index (χ1v) is 8.95. The van der Waals surface area contributed by atoms with Gasteiger partial charge in [-0.25, -0.2) is 9.97 Å². The fraction of sp³-hybridized carbons (Fsp3) is 0.0455. The van der Waals surface area contributed by atoms with Crippen molar-refractivity contribution in [3.8, 4) is 46.0 Å². The van der Waals surface area contributed by atoms with Gasteiger partial charge in [-0.05, 0) is 35.9 Å². The Morgan fingerprint density at radius 2 is 1.93 bits per heavy atom. The number of imidazole rings is 1. The van der Waals surface area contributed by atoms with E-state index >= 15 is 0 Å². The van der Waals surface area contributed by atoms with E-state index in [2.05, 4.69) is 32.4 Å². The van der Waals surface area contributed by atoms with Gasteiger partial charge in [0.25, 0.3) is 0 Å². The van der Waals surface area contributed by atoms with Gasteiger partial charge in [-0.3, -0.25) is 4.98 Å². The molecular weight excluding hydrogens is 362 g/mol. The van der Waals surface area contributed by atoms with E-state index in [1.165, 1.54) is 0 Å². The lowest BCUT2D eigenvalue weighted by atomic mass is 10.0. The maximum atomic E-state index is 9.63. The number of fused-ring (bicyclic) bond motifs is 5. The molecule has 0 atom stereocenters. The summed E-state index contributed by atoms with van der Waals surface area (Å²) in [6, 6.07) is 15.5. The molecule has 0 radical (unpaired) electrons. The van der Waals surface area contributed by atoms with Crippen molar-refractivity contribution in [3.63, 3.8) is 0 Å². The first kappa shape index (κ1) is 16.7. The van der Waals surface area contributed by atoms with Gasteiger partial charge >= 0.3 is 0 Å². The molecule has 0 saturated carbocycles. The fourth-order valence-electron chi connectivity index (χ4n) is 3.52. The van der Waals surface area contributed by atoms with Gasteiger partial charge in [-0.15, -0.1) is 0 Å². The van der Waals surface area contributed by atoms with Crippen LogP contribution < -0.4 is 5.32 Å². The minimum absolute atomic E-state index is 0.259. The van der Waals surface area contributed by atoms with Gasteiger partial charge in [0.1, 0.15) is 17.3 Å². The summed E-state index contributed by atoms with van der Waals surface area (Å²) in [7, 11) is 0. The molecule has 0 unspecified atom stereocenters. The van der Waals surface area contributed by atoms with Crippen molar-refractivity contribution < 1.29 is 0 Å². The van der Waals surface area contributed by atoms with E-state index < -0.39 is 0 Å². The lowest BCUT2D eigenvalue weighted by molar-refractivity contribution is 1.24. The van der Waals surface area contributed by atoms with Crippen LogP contribution in [0.15, 0.2) is 55.0 Å². The molecule has 1 aliphatic rings. The SMILES string of the molecule is N#CCc1ccc(-c2nc3c([nH]2)-c2ccncc2Nc2ncccc2-3)c(C#N)c1. The summed E-state index contributed by atoms with van der Waals surface area (Å²) in [5.41, 5.74) is 6.17. The van der Waals surface area contributed by atoms with Crippen LogP contribution in [0, 0.1) is 22.7 Å². The molecule has 1 aromatic carbocycles. The molecule has 4 heterocycles.